The predicted octanol–water partition coefficient (Wildman–Crippen LogP) is 3.80. The Morgan fingerprint density at radius 3 is 2.75 bits per heavy atom. The van der Waals surface area contributed by atoms with Gasteiger partial charge in [0.25, 0.3) is 0 Å². The Morgan fingerprint density at radius 2 is 2.10 bits per heavy atom. The van der Waals surface area contributed by atoms with Crippen LogP contribution in [0.25, 0.3) is 0 Å². The van der Waals surface area contributed by atoms with Crippen LogP contribution >= 0.6 is 15.9 Å². The van der Waals surface area contributed by atoms with Crippen molar-refractivity contribution in [3.8, 4) is 0 Å². The Labute approximate surface area is 129 Å². The molecule has 1 aromatic rings. The van der Waals surface area contributed by atoms with Gasteiger partial charge in [-0.15, -0.1) is 0 Å². The van der Waals surface area contributed by atoms with E-state index in [4.69, 9.17) is 0 Å². The molecule has 20 heavy (non-hydrogen) atoms. The second-order valence-corrected chi connectivity index (χ2v) is 6.58. The first kappa shape index (κ1) is 15.9. The SMILES string of the molecule is CCCN(Cc1ccc(Br)cc1F)CC1CCNCC1. The average molecular weight is 343 g/mol. The van der Waals surface area contributed by atoms with Crippen LogP contribution in [0.15, 0.2) is 22.7 Å². The van der Waals surface area contributed by atoms with E-state index in [2.05, 4.69) is 33.1 Å². The van der Waals surface area contributed by atoms with E-state index in [1.807, 2.05) is 12.1 Å². The normalized spacial score (nSPS) is 16.8. The minimum atomic E-state index is -0.106. The number of piperidine rings is 1. The molecule has 1 aliphatic heterocycles. The molecule has 0 aliphatic carbocycles. The lowest BCUT2D eigenvalue weighted by molar-refractivity contribution is 0.197. The molecule has 1 saturated heterocycles. The molecule has 1 fully saturated rings. The van der Waals surface area contributed by atoms with E-state index in [1.165, 1.54) is 12.8 Å². The highest BCUT2D eigenvalue weighted by Gasteiger charge is 2.17. The van der Waals surface area contributed by atoms with E-state index in [1.54, 1.807) is 6.07 Å². The van der Waals surface area contributed by atoms with Gasteiger partial charge >= 0.3 is 0 Å². The van der Waals surface area contributed by atoms with Crippen LogP contribution in [0.5, 0.6) is 0 Å². The van der Waals surface area contributed by atoms with Gasteiger partial charge in [0, 0.05) is 23.1 Å². The summed E-state index contributed by atoms with van der Waals surface area (Å²) in [6.45, 7) is 7.28. The van der Waals surface area contributed by atoms with E-state index in [-0.39, 0.29) is 5.82 Å². The molecular weight excluding hydrogens is 319 g/mol. The molecule has 112 valence electrons. The zero-order chi connectivity index (χ0) is 14.4. The van der Waals surface area contributed by atoms with Crippen molar-refractivity contribution in [1.29, 1.82) is 0 Å². The Bertz CT molecular complexity index is 419. The van der Waals surface area contributed by atoms with Gasteiger partial charge < -0.3 is 5.32 Å². The Kier molecular flexibility index (Phi) is 6.46. The first-order valence-corrected chi connectivity index (χ1v) is 8.35. The molecule has 4 heteroatoms. The van der Waals surface area contributed by atoms with E-state index in [0.29, 0.717) is 0 Å². The minimum Gasteiger partial charge on any atom is -0.317 e. The summed E-state index contributed by atoms with van der Waals surface area (Å²) in [5.74, 6) is 0.645. The van der Waals surface area contributed by atoms with Gasteiger partial charge in [0.05, 0.1) is 0 Å². The molecule has 1 aromatic carbocycles. The molecule has 1 aliphatic rings. The van der Waals surface area contributed by atoms with Gasteiger partial charge in [0.1, 0.15) is 5.82 Å². The zero-order valence-corrected chi connectivity index (χ0v) is 13.8. The van der Waals surface area contributed by atoms with Crippen LogP contribution in [-0.2, 0) is 6.54 Å². The van der Waals surface area contributed by atoms with Gasteiger partial charge in [0.15, 0.2) is 0 Å². The fourth-order valence-electron chi connectivity index (χ4n) is 2.87. The number of halogens is 2. The molecule has 2 rings (SSSR count). The molecule has 0 spiro atoms. The summed E-state index contributed by atoms with van der Waals surface area (Å²) >= 11 is 3.31. The van der Waals surface area contributed by atoms with Crippen LogP contribution in [0.4, 0.5) is 4.39 Å². The van der Waals surface area contributed by atoms with Gasteiger partial charge in [-0.25, -0.2) is 4.39 Å². The van der Waals surface area contributed by atoms with Crippen LogP contribution in [-0.4, -0.2) is 31.1 Å². The van der Waals surface area contributed by atoms with E-state index in [0.717, 1.165) is 55.1 Å². The molecule has 0 saturated carbocycles. The molecule has 1 heterocycles. The maximum atomic E-state index is 14.0. The van der Waals surface area contributed by atoms with Crippen molar-refractivity contribution in [2.45, 2.75) is 32.7 Å². The molecule has 0 aromatic heterocycles. The van der Waals surface area contributed by atoms with Crippen molar-refractivity contribution in [3.05, 3.63) is 34.1 Å². The van der Waals surface area contributed by atoms with Crippen molar-refractivity contribution in [3.63, 3.8) is 0 Å². The van der Waals surface area contributed by atoms with Crippen molar-refractivity contribution in [2.75, 3.05) is 26.2 Å². The van der Waals surface area contributed by atoms with Gasteiger partial charge in [-0.3, -0.25) is 4.90 Å². The van der Waals surface area contributed by atoms with Crippen LogP contribution in [0.3, 0.4) is 0 Å². The fourth-order valence-corrected chi connectivity index (χ4v) is 3.20. The second kappa shape index (κ2) is 8.11. The summed E-state index contributed by atoms with van der Waals surface area (Å²) in [7, 11) is 0. The quantitative estimate of drug-likeness (QED) is 0.845. The topological polar surface area (TPSA) is 15.3 Å². The molecule has 0 amide bonds. The summed E-state index contributed by atoms with van der Waals surface area (Å²) < 4.78 is 14.8. The van der Waals surface area contributed by atoms with E-state index >= 15 is 0 Å². The molecule has 1 N–H and O–H groups in total. The Morgan fingerprint density at radius 1 is 1.35 bits per heavy atom. The molecule has 0 atom stereocenters. The average Bonchev–Trinajstić information content (AvgIpc) is 2.43. The maximum Gasteiger partial charge on any atom is 0.128 e. The largest absolute Gasteiger partial charge is 0.317 e. The lowest BCUT2D eigenvalue weighted by Crippen LogP contribution is -2.36. The Balaban J connectivity index is 1.96. The third kappa shape index (κ3) is 4.83. The molecular formula is C16H24BrFN2. The molecule has 0 bridgehead atoms. The highest BCUT2D eigenvalue weighted by molar-refractivity contribution is 9.10. The lowest BCUT2D eigenvalue weighted by atomic mass is 9.97. The number of nitrogens with zero attached hydrogens (tertiary/aromatic N) is 1. The summed E-state index contributed by atoms with van der Waals surface area (Å²) in [6.07, 6.45) is 3.59. The summed E-state index contributed by atoms with van der Waals surface area (Å²) in [5.41, 5.74) is 0.801. The van der Waals surface area contributed by atoms with Gasteiger partial charge in [-0.05, 0) is 56.9 Å². The van der Waals surface area contributed by atoms with Gasteiger partial charge in [-0.2, -0.15) is 0 Å². The van der Waals surface area contributed by atoms with Crippen LogP contribution in [0, 0.1) is 11.7 Å². The lowest BCUT2D eigenvalue weighted by Gasteiger charge is -2.30. The van der Waals surface area contributed by atoms with Crippen LogP contribution in [0.2, 0.25) is 0 Å². The smallest absolute Gasteiger partial charge is 0.128 e. The minimum absolute atomic E-state index is 0.106. The predicted molar refractivity (Wildman–Crippen MR) is 85.3 cm³/mol. The van der Waals surface area contributed by atoms with Crippen LogP contribution in [0.1, 0.15) is 31.7 Å². The summed E-state index contributed by atoms with van der Waals surface area (Å²) in [5, 5.41) is 3.40. The number of nitrogens with one attached hydrogen (secondary N) is 1. The number of hydrogen-bond acceptors (Lipinski definition) is 2. The number of rotatable bonds is 6. The summed E-state index contributed by atoms with van der Waals surface area (Å²) in [4.78, 5) is 2.41. The maximum absolute atomic E-state index is 14.0. The second-order valence-electron chi connectivity index (χ2n) is 5.66. The summed E-state index contributed by atoms with van der Waals surface area (Å²) in [6, 6.07) is 5.38. The number of hydrogen-bond donors (Lipinski definition) is 1. The van der Waals surface area contributed by atoms with Gasteiger partial charge in [-0.1, -0.05) is 28.9 Å². The van der Waals surface area contributed by atoms with Gasteiger partial charge in [0.2, 0.25) is 0 Å². The van der Waals surface area contributed by atoms with E-state index in [9.17, 15) is 4.39 Å². The first-order valence-electron chi connectivity index (χ1n) is 7.56. The van der Waals surface area contributed by atoms with Crippen molar-refractivity contribution < 1.29 is 4.39 Å². The first-order chi connectivity index (χ1) is 9.69. The highest BCUT2D eigenvalue weighted by Crippen LogP contribution is 2.19. The van der Waals surface area contributed by atoms with Crippen molar-refractivity contribution >= 4 is 15.9 Å². The number of benzene rings is 1. The van der Waals surface area contributed by atoms with Crippen molar-refractivity contribution in [2.24, 2.45) is 5.92 Å². The zero-order valence-electron chi connectivity index (χ0n) is 12.2. The highest BCUT2D eigenvalue weighted by atomic mass is 79.9. The third-order valence-electron chi connectivity index (χ3n) is 3.92. The third-order valence-corrected chi connectivity index (χ3v) is 4.42. The Hall–Kier alpha value is -0.450. The monoisotopic (exact) mass is 342 g/mol. The molecule has 0 radical (unpaired) electrons. The standard InChI is InChI=1S/C16H24BrFN2/c1-2-9-20(11-13-5-7-19-8-6-13)12-14-3-4-15(17)10-16(14)18/h3-4,10,13,19H,2,5-9,11-12H2,1H3. The molecule has 0 unspecified atom stereocenters. The van der Waals surface area contributed by atoms with Crippen molar-refractivity contribution in [1.82, 2.24) is 10.2 Å². The van der Waals surface area contributed by atoms with E-state index < -0.39 is 0 Å². The molecule has 2 nitrogen and oxygen atoms in total. The van der Waals surface area contributed by atoms with Crippen LogP contribution < -0.4 is 5.32 Å². The fraction of sp³-hybridized carbons (Fsp3) is 0.625.